The van der Waals surface area contributed by atoms with Crippen LogP contribution in [-0.2, 0) is 0 Å². The van der Waals surface area contributed by atoms with Gasteiger partial charge in [-0.2, -0.15) is 0 Å². The molecular weight excluding hydrogens is 407 g/mol. The number of halogens is 4. The summed E-state index contributed by atoms with van der Waals surface area (Å²) in [6.07, 6.45) is -3.26. The number of imidazole rings is 1. The molecule has 0 saturated carbocycles. The highest BCUT2D eigenvalue weighted by molar-refractivity contribution is 6.29. The molecule has 0 amide bonds. The van der Waals surface area contributed by atoms with Crippen LogP contribution in [0.25, 0.3) is 5.69 Å². The fraction of sp³-hybridized carbons (Fsp3) is 0.200. The van der Waals surface area contributed by atoms with E-state index in [1.54, 1.807) is 29.8 Å². The number of aryl methyl sites for hydroxylation is 1. The molecule has 2 aromatic heterocycles. The van der Waals surface area contributed by atoms with Crippen molar-refractivity contribution in [2.24, 2.45) is 0 Å². The Balaban J connectivity index is 1.98. The van der Waals surface area contributed by atoms with Crippen molar-refractivity contribution in [3.05, 3.63) is 64.5 Å². The highest BCUT2D eigenvalue weighted by Gasteiger charge is 2.32. The van der Waals surface area contributed by atoms with Gasteiger partial charge in [-0.3, -0.25) is 4.57 Å². The first-order chi connectivity index (χ1) is 13.7. The van der Waals surface area contributed by atoms with Crippen molar-refractivity contribution < 1.29 is 22.6 Å². The molecule has 0 aliphatic rings. The zero-order valence-corrected chi connectivity index (χ0v) is 16.4. The molecule has 0 fully saturated rings. The van der Waals surface area contributed by atoms with Crippen molar-refractivity contribution >= 4 is 11.6 Å². The van der Waals surface area contributed by atoms with Gasteiger partial charge in [0.05, 0.1) is 18.5 Å². The lowest BCUT2D eigenvalue weighted by molar-refractivity contribution is -0.275. The number of hydrogen-bond donors (Lipinski definition) is 0. The molecule has 0 bridgehead atoms. The molecule has 3 rings (SSSR count). The standard InChI is InChI=1S/C20H15ClF3N3O2/c1-12-16(6-4-14-8-9-25-19(21)10-14)26-13(2)27(12)15-5-7-17(18(11-15)28-3)29-20(22,23)24/h5,7-11H,1-3H3. The second-order valence-corrected chi connectivity index (χ2v) is 6.32. The lowest BCUT2D eigenvalue weighted by atomic mass is 10.2. The topological polar surface area (TPSA) is 49.2 Å². The number of benzene rings is 1. The first-order valence-corrected chi connectivity index (χ1v) is 8.69. The summed E-state index contributed by atoms with van der Waals surface area (Å²) in [5.41, 5.74) is 2.51. The van der Waals surface area contributed by atoms with Gasteiger partial charge in [0.2, 0.25) is 0 Å². The minimum atomic E-state index is -4.81. The van der Waals surface area contributed by atoms with Crippen LogP contribution in [0.1, 0.15) is 22.8 Å². The monoisotopic (exact) mass is 421 g/mol. The van der Waals surface area contributed by atoms with Crippen LogP contribution in [0.2, 0.25) is 5.15 Å². The van der Waals surface area contributed by atoms with E-state index in [1.165, 1.54) is 25.3 Å². The Morgan fingerprint density at radius 1 is 1.07 bits per heavy atom. The predicted molar refractivity (Wildman–Crippen MR) is 102 cm³/mol. The third-order valence-corrected chi connectivity index (χ3v) is 4.16. The van der Waals surface area contributed by atoms with Gasteiger partial charge < -0.3 is 9.47 Å². The maximum atomic E-state index is 12.5. The maximum absolute atomic E-state index is 12.5. The van der Waals surface area contributed by atoms with Crippen molar-refractivity contribution in [3.8, 4) is 29.0 Å². The summed E-state index contributed by atoms with van der Waals surface area (Å²) in [7, 11) is 1.27. The first kappa shape index (κ1) is 20.6. The van der Waals surface area contributed by atoms with Crippen molar-refractivity contribution in [1.82, 2.24) is 14.5 Å². The summed E-state index contributed by atoms with van der Waals surface area (Å²) in [4.78, 5) is 8.35. The van der Waals surface area contributed by atoms with Crippen LogP contribution >= 0.6 is 11.6 Å². The number of nitrogens with zero attached hydrogens (tertiary/aromatic N) is 3. The molecular formula is C20H15ClF3N3O2. The molecule has 0 aliphatic heterocycles. The molecule has 5 nitrogen and oxygen atoms in total. The van der Waals surface area contributed by atoms with Crippen LogP contribution in [0.15, 0.2) is 36.5 Å². The SMILES string of the molecule is COc1cc(-n2c(C)nc(C#Cc3ccnc(Cl)c3)c2C)ccc1OC(F)(F)F. The summed E-state index contributed by atoms with van der Waals surface area (Å²) in [6.45, 7) is 3.59. The third kappa shape index (κ3) is 4.81. The summed E-state index contributed by atoms with van der Waals surface area (Å²) < 4.78 is 48.4. The van der Waals surface area contributed by atoms with Gasteiger partial charge in [0.1, 0.15) is 16.7 Å². The average Bonchev–Trinajstić information content (AvgIpc) is 2.93. The third-order valence-electron chi connectivity index (χ3n) is 3.96. The number of methoxy groups -OCH3 is 1. The molecule has 0 N–H and O–H groups in total. The summed E-state index contributed by atoms with van der Waals surface area (Å²) in [5.74, 6) is 6.10. The molecule has 0 radical (unpaired) electrons. The summed E-state index contributed by atoms with van der Waals surface area (Å²) in [5, 5.41) is 0.337. The normalized spacial score (nSPS) is 11.0. The van der Waals surface area contributed by atoms with E-state index in [4.69, 9.17) is 16.3 Å². The van der Waals surface area contributed by atoms with Gasteiger partial charge in [-0.25, -0.2) is 9.97 Å². The van der Waals surface area contributed by atoms with Gasteiger partial charge in [-0.1, -0.05) is 17.5 Å². The largest absolute Gasteiger partial charge is 0.573 e. The van der Waals surface area contributed by atoms with Crippen molar-refractivity contribution in [2.45, 2.75) is 20.2 Å². The summed E-state index contributed by atoms with van der Waals surface area (Å²) >= 11 is 5.86. The van der Waals surface area contributed by atoms with Gasteiger partial charge in [0.15, 0.2) is 11.5 Å². The smallest absolute Gasteiger partial charge is 0.493 e. The Bertz CT molecular complexity index is 1110. The highest BCUT2D eigenvalue weighted by atomic mass is 35.5. The van der Waals surface area contributed by atoms with Crippen molar-refractivity contribution in [1.29, 1.82) is 0 Å². The quantitative estimate of drug-likeness (QED) is 0.448. The molecule has 150 valence electrons. The van der Waals surface area contributed by atoms with Crippen LogP contribution in [0.4, 0.5) is 13.2 Å². The van der Waals surface area contributed by atoms with Gasteiger partial charge in [0, 0.05) is 17.8 Å². The number of alkyl halides is 3. The minimum Gasteiger partial charge on any atom is -0.493 e. The van der Waals surface area contributed by atoms with Crippen LogP contribution in [0.5, 0.6) is 11.5 Å². The number of rotatable bonds is 3. The number of aromatic nitrogens is 3. The number of pyridine rings is 1. The van der Waals surface area contributed by atoms with Crippen LogP contribution in [-0.4, -0.2) is 28.0 Å². The predicted octanol–water partition coefficient (Wildman–Crippen LogP) is 4.84. The second kappa shape index (κ2) is 8.05. The van der Waals surface area contributed by atoms with Crippen LogP contribution in [0.3, 0.4) is 0 Å². The van der Waals surface area contributed by atoms with Gasteiger partial charge in [-0.05, 0) is 44.0 Å². The Hall–Kier alpha value is -3.18. The zero-order valence-electron chi connectivity index (χ0n) is 15.6. The Kier molecular flexibility index (Phi) is 5.71. The fourth-order valence-corrected chi connectivity index (χ4v) is 2.93. The highest BCUT2D eigenvalue weighted by Crippen LogP contribution is 2.34. The van der Waals surface area contributed by atoms with E-state index >= 15 is 0 Å². The lowest BCUT2D eigenvalue weighted by Crippen LogP contribution is -2.17. The number of hydrogen-bond acceptors (Lipinski definition) is 4. The van der Waals surface area contributed by atoms with Gasteiger partial charge in [0.25, 0.3) is 0 Å². The van der Waals surface area contributed by atoms with Crippen LogP contribution in [0, 0.1) is 25.7 Å². The summed E-state index contributed by atoms with van der Waals surface area (Å²) in [6, 6.07) is 7.50. The van der Waals surface area contributed by atoms with Crippen molar-refractivity contribution in [2.75, 3.05) is 7.11 Å². The average molecular weight is 422 g/mol. The van der Waals surface area contributed by atoms with E-state index in [-0.39, 0.29) is 5.75 Å². The van der Waals surface area contributed by atoms with E-state index in [9.17, 15) is 13.2 Å². The van der Waals surface area contributed by atoms with E-state index in [0.717, 1.165) is 5.69 Å². The van der Waals surface area contributed by atoms with E-state index in [1.807, 2.05) is 6.92 Å². The van der Waals surface area contributed by atoms with E-state index in [0.29, 0.717) is 27.9 Å². The molecule has 29 heavy (non-hydrogen) atoms. The lowest BCUT2D eigenvalue weighted by Gasteiger charge is -2.15. The first-order valence-electron chi connectivity index (χ1n) is 8.31. The fourth-order valence-electron chi connectivity index (χ4n) is 2.76. The molecule has 0 aliphatic carbocycles. The number of ether oxygens (including phenoxy) is 2. The maximum Gasteiger partial charge on any atom is 0.573 e. The minimum absolute atomic E-state index is 0.0496. The Morgan fingerprint density at radius 2 is 1.83 bits per heavy atom. The molecule has 0 unspecified atom stereocenters. The molecule has 0 spiro atoms. The Morgan fingerprint density at radius 3 is 2.48 bits per heavy atom. The molecule has 0 saturated heterocycles. The molecule has 3 aromatic rings. The van der Waals surface area contributed by atoms with Crippen LogP contribution < -0.4 is 9.47 Å². The molecule has 9 heteroatoms. The zero-order chi connectivity index (χ0) is 21.2. The van der Waals surface area contributed by atoms with Gasteiger partial charge >= 0.3 is 6.36 Å². The second-order valence-electron chi connectivity index (χ2n) is 5.93. The Labute approximate surface area is 170 Å². The van der Waals surface area contributed by atoms with E-state index in [2.05, 4.69) is 26.5 Å². The van der Waals surface area contributed by atoms with Gasteiger partial charge in [-0.15, -0.1) is 13.2 Å². The molecule has 0 atom stereocenters. The molecule has 1 aromatic carbocycles. The molecule has 2 heterocycles. The van der Waals surface area contributed by atoms with Crippen molar-refractivity contribution in [3.63, 3.8) is 0 Å². The van der Waals surface area contributed by atoms with E-state index < -0.39 is 12.1 Å².